The first-order valence-electron chi connectivity index (χ1n) is 1.63. The molecular weight excluding hydrogens is 174 g/mol. The number of carbonyl (C=O) groups is 2. The van der Waals surface area contributed by atoms with E-state index in [2.05, 4.69) is 0 Å². The van der Waals surface area contributed by atoms with Gasteiger partial charge in [-0.3, -0.25) is 4.79 Å². The van der Waals surface area contributed by atoms with Gasteiger partial charge in [-0.05, 0) is 0 Å². The van der Waals surface area contributed by atoms with Gasteiger partial charge >= 0.3 is 29.6 Å². The van der Waals surface area contributed by atoms with E-state index >= 15 is 0 Å². The third-order valence-electron chi connectivity index (χ3n) is 0.423. The van der Waals surface area contributed by atoms with Gasteiger partial charge in [0.25, 0.3) is 0 Å². The minimum absolute atomic E-state index is 0. The fraction of sp³-hybridized carbons (Fsp3) is 0. The number of carbonyl (C=O) groups excluding carboxylic acids is 2. The summed E-state index contributed by atoms with van der Waals surface area (Å²) in [5, 5.41) is 9.31. The zero-order chi connectivity index (χ0) is 7.65. The molecular formula is C2NaO6P-2. The van der Waals surface area contributed by atoms with Crippen molar-refractivity contribution in [2.75, 3.05) is 0 Å². The molecule has 0 heterocycles. The largest absolute Gasteiger partial charge is 1.00 e. The minimum Gasteiger partial charge on any atom is -0.805 e. The van der Waals surface area contributed by atoms with E-state index in [0.717, 1.165) is 0 Å². The standard InChI is InChI=1S/C2H3O6P.Na/c3-1(4)2(5)9(6,7)8;/h(H,3,4)(H2,6,7,8);/q;+1/p-3. The zero-order valence-electron chi connectivity index (χ0n) is 4.90. The molecule has 0 N–H and O–H groups in total. The van der Waals surface area contributed by atoms with E-state index in [4.69, 9.17) is 0 Å². The molecule has 0 saturated carbocycles. The summed E-state index contributed by atoms with van der Waals surface area (Å²) < 4.78 is 9.47. The van der Waals surface area contributed by atoms with Crippen LogP contribution in [0.15, 0.2) is 0 Å². The zero-order valence-corrected chi connectivity index (χ0v) is 7.79. The first-order valence-corrected chi connectivity index (χ1v) is 3.18. The third-order valence-corrected chi connectivity index (χ3v) is 1.10. The van der Waals surface area contributed by atoms with Crippen LogP contribution in [0, 0.1) is 0 Å². The van der Waals surface area contributed by atoms with Crippen molar-refractivity contribution in [3.8, 4) is 0 Å². The number of aliphatic carboxylic acids is 1. The predicted molar refractivity (Wildman–Crippen MR) is 17.6 cm³/mol. The van der Waals surface area contributed by atoms with Crippen molar-refractivity contribution < 1.29 is 58.6 Å². The molecule has 0 unspecified atom stereocenters. The molecule has 0 fully saturated rings. The number of rotatable bonds is 2. The maximum absolute atomic E-state index is 9.61. The summed E-state index contributed by atoms with van der Waals surface area (Å²) in [7, 11) is -5.61. The first-order chi connectivity index (χ1) is 3.85. The van der Waals surface area contributed by atoms with Crippen molar-refractivity contribution in [3.63, 3.8) is 0 Å². The Morgan fingerprint density at radius 3 is 1.50 bits per heavy atom. The van der Waals surface area contributed by atoms with Crippen LogP contribution in [-0.4, -0.2) is 11.5 Å². The quantitative estimate of drug-likeness (QED) is 0.233. The summed E-state index contributed by atoms with van der Waals surface area (Å²) >= 11 is 0. The van der Waals surface area contributed by atoms with Crippen molar-refractivity contribution >= 4 is 19.1 Å². The van der Waals surface area contributed by atoms with Crippen molar-refractivity contribution in [3.05, 3.63) is 0 Å². The molecule has 0 rings (SSSR count). The molecule has 0 bridgehead atoms. The van der Waals surface area contributed by atoms with E-state index in [1.165, 1.54) is 0 Å². The van der Waals surface area contributed by atoms with Gasteiger partial charge in [-0.2, -0.15) is 0 Å². The van der Waals surface area contributed by atoms with Crippen LogP contribution in [0.4, 0.5) is 0 Å². The number of carboxylic acids is 1. The van der Waals surface area contributed by atoms with Crippen LogP contribution in [0.1, 0.15) is 0 Å². The molecule has 10 heavy (non-hydrogen) atoms. The predicted octanol–water partition coefficient (Wildman–Crippen LogP) is -6.82. The second-order valence-corrected chi connectivity index (χ2v) is 2.49. The van der Waals surface area contributed by atoms with Crippen LogP contribution < -0.4 is 44.5 Å². The Morgan fingerprint density at radius 2 is 1.50 bits per heavy atom. The summed E-state index contributed by atoms with van der Waals surface area (Å²) in [6.45, 7) is 0. The Balaban J connectivity index is 0. The maximum atomic E-state index is 9.61. The monoisotopic (exact) mass is 174 g/mol. The first kappa shape index (κ1) is 12.9. The van der Waals surface area contributed by atoms with Gasteiger partial charge in [-0.15, -0.1) is 0 Å². The Hall–Kier alpha value is 0.290. The van der Waals surface area contributed by atoms with Crippen LogP contribution in [-0.2, 0) is 14.2 Å². The topological polar surface area (TPSA) is 120 Å². The van der Waals surface area contributed by atoms with Gasteiger partial charge in [0.2, 0.25) is 5.52 Å². The van der Waals surface area contributed by atoms with E-state index in [9.17, 15) is 29.0 Å². The van der Waals surface area contributed by atoms with E-state index in [1.807, 2.05) is 0 Å². The number of carboxylic acid groups (broad SMARTS) is 1. The van der Waals surface area contributed by atoms with Crippen LogP contribution in [0.5, 0.6) is 0 Å². The second kappa shape index (κ2) is 4.23. The fourth-order valence-electron chi connectivity index (χ4n) is 0.112. The minimum atomic E-state index is -5.61. The summed E-state index contributed by atoms with van der Waals surface area (Å²) in [5.41, 5.74) is -2.41. The van der Waals surface area contributed by atoms with Gasteiger partial charge in [0.1, 0.15) is 5.97 Å². The average Bonchev–Trinajstić information content (AvgIpc) is 1.62. The maximum Gasteiger partial charge on any atom is 1.00 e. The molecule has 0 amide bonds. The molecule has 0 aromatic heterocycles. The van der Waals surface area contributed by atoms with Crippen molar-refractivity contribution in [2.45, 2.75) is 0 Å². The molecule has 0 spiro atoms. The SMILES string of the molecule is O=C([O-])C(=O)P(=O)([O-])[O-].[Na+]. The van der Waals surface area contributed by atoms with Crippen molar-refractivity contribution in [2.24, 2.45) is 0 Å². The third kappa shape index (κ3) is 4.16. The molecule has 0 aliphatic carbocycles. The van der Waals surface area contributed by atoms with E-state index in [-0.39, 0.29) is 29.6 Å². The molecule has 0 aromatic carbocycles. The Bertz CT molecular complexity index is 192. The van der Waals surface area contributed by atoms with Crippen LogP contribution >= 0.6 is 7.60 Å². The molecule has 8 heteroatoms. The number of hydrogen-bond acceptors (Lipinski definition) is 6. The van der Waals surface area contributed by atoms with Crippen LogP contribution in [0.3, 0.4) is 0 Å². The molecule has 0 aliphatic heterocycles. The molecule has 52 valence electrons. The normalized spacial score (nSPS) is 9.80. The van der Waals surface area contributed by atoms with E-state index in [0.29, 0.717) is 0 Å². The van der Waals surface area contributed by atoms with Crippen LogP contribution in [0.25, 0.3) is 0 Å². The molecule has 0 radical (unpaired) electrons. The van der Waals surface area contributed by atoms with Gasteiger partial charge in [0.15, 0.2) is 0 Å². The van der Waals surface area contributed by atoms with Gasteiger partial charge in [-0.1, -0.05) is 0 Å². The summed E-state index contributed by atoms with van der Waals surface area (Å²) in [5.74, 6) is -2.50. The van der Waals surface area contributed by atoms with Gasteiger partial charge in [-0.25, -0.2) is 0 Å². The van der Waals surface area contributed by atoms with E-state index < -0.39 is 19.1 Å². The average molecular weight is 174 g/mol. The number of hydrogen-bond donors (Lipinski definition) is 0. The smallest absolute Gasteiger partial charge is 0.805 e. The van der Waals surface area contributed by atoms with Crippen LogP contribution in [0.2, 0.25) is 0 Å². The molecule has 0 saturated heterocycles. The summed E-state index contributed by atoms with van der Waals surface area (Å²) in [6.07, 6.45) is 0. The van der Waals surface area contributed by atoms with Crippen molar-refractivity contribution in [1.82, 2.24) is 0 Å². The van der Waals surface area contributed by atoms with Gasteiger partial charge in [0, 0.05) is 7.60 Å². The Labute approximate surface area is 77.7 Å². The Morgan fingerprint density at radius 1 is 1.20 bits per heavy atom. The second-order valence-electron chi connectivity index (χ2n) is 1.09. The van der Waals surface area contributed by atoms with Gasteiger partial charge in [0.05, 0.1) is 0 Å². The molecule has 6 nitrogen and oxygen atoms in total. The van der Waals surface area contributed by atoms with E-state index in [1.54, 1.807) is 0 Å². The molecule has 0 aromatic rings. The molecule has 0 atom stereocenters. The fourth-order valence-corrected chi connectivity index (χ4v) is 0.335. The molecule has 0 aliphatic rings. The summed E-state index contributed by atoms with van der Waals surface area (Å²) in [6, 6.07) is 0. The van der Waals surface area contributed by atoms with Gasteiger partial charge < -0.3 is 24.3 Å². The Kier molecular flexibility index (Phi) is 5.46. The summed E-state index contributed by atoms with van der Waals surface area (Å²) in [4.78, 5) is 37.9. The van der Waals surface area contributed by atoms with Crippen molar-refractivity contribution in [1.29, 1.82) is 0 Å².